The Balaban J connectivity index is 0.00000261. The van der Waals surface area contributed by atoms with Gasteiger partial charge in [0.2, 0.25) is 0 Å². The molecule has 146 valence electrons. The van der Waals surface area contributed by atoms with E-state index in [1.54, 1.807) is 0 Å². The lowest BCUT2D eigenvalue weighted by molar-refractivity contribution is -0.119. The quantitative estimate of drug-likeness (QED) is 0.533. The summed E-state index contributed by atoms with van der Waals surface area (Å²) in [5, 5.41) is 0. The second kappa shape index (κ2) is 8.00. The Hall–Kier alpha value is -1.90. The largest absolute Gasteiger partial charge is 0.301 e. The van der Waals surface area contributed by atoms with Crippen molar-refractivity contribution in [2.24, 2.45) is 0 Å². The summed E-state index contributed by atoms with van der Waals surface area (Å²) in [5.74, 6) is -1.79. The number of alkyl halides is 1. The predicted octanol–water partition coefficient (Wildman–Crippen LogP) is 3.12. The normalized spacial score (nSPS) is 17.4. The van der Waals surface area contributed by atoms with Gasteiger partial charge in [-0.05, 0) is 42.0 Å². The molecule has 9 heteroatoms. The summed E-state index contributed by atoms with van der Waals surface area (Å²) in [6.45, 7) is -0.484. The fourth-order valence-corrected chi connectivity index (χ4v) is 4.65. The zero-order valence-corrected chi connectivity index (χ0v) is 15.7. The minimum absolute atomic E-state index is 0. The molecule has 0 aromatic heterocycles. The molecule has 2 aromatic carbocycles. The first-order chi connectivity index (χ1) is 12.2. The average Bonchev–Trinajstić information content (AvgIpc) is 2.55. The maximum Gasteiger partial charge on any atom is 0.181 e. The molecule has 27 heavy (non-hydrogen) atoms. The standard InChI is InChI=1S/C18H16F3NO3S.ClH/c19-14-3-1-13(2-4-14)17(9-23)22-10-18(21,11-22)12-26(24,25)16-7-5-15(20)6-8-16;/h1-9,17H,10-12H2;1H. The molecule has 1 aliphatic heterocycles. The summed E-state index contributed by atoms with van der Waals surface area (Å²) in [6.07, 6.45) is 0.612. The molecular weight excluding hydrogens is 403 g/mol. The molecule has 0 amide bonds. The van der Waals surface area contributed by atoms with E-state index in [2.05, 4.69) is 0 Å². The number of rotatable bonds is 6. The van der Waals surface area contributed by atoms with E-state index in [1.165, 1.54) is 29.2 Å². The second-order valence-electron chi connectivity index (χ2n) is 6.40. The van der Waals surface area contributed by atoms with Crippen LogP contribution in [0.1, 0.15) is 11.6 Å². The smallest absolute Gasteiger partial charge is 0.181 e. The second-order valence-corrected chi connectivity index (χ2v) is 8.39. The van der Waals surface area contributed by atoms with E-state index in [0.717, 1.165) is 24.3 Å². The number of hydrogen-bond donors (Lipinski definition) is 0. The Morgan fingerprint density at radius 3 is 1.96 bits per heavy atom. The fourth-order valence-electron chi connectivity index (χ4n) is 3.07. The first-order valence-electron chi connectivity index (χ1n) is 7.84. The van der Waals surface area contributed by atoms with Gasteiger partial charge in [-0.3, -0.25) is 4.90 Å². The summed E-state index contributed by atoms with van der Waals surface area (Å²) in [4.78, 5) is 12.7. The van der Waals surface area contributed by atoms with Crippen LogP contribution >= 0.6 is 12.4 Å². The minimum atomic E-state index is -3.93. The zero-order valence-electron chi connectivity index (χ0n) is 14.0. The monoisotopic (exact) mass is 419 g/mol. The van der Waals surface area contributed by atoms with Crippen LogP contribution in [0.4, 0.5) is 13.2 Å². The molecule has 0 N–H and O–H groups in total. The van der Waals surface area contributed by atoms with E-state index in [1.807, 2.05) is 0 Å². The van der Waals surface area contributed by atoms with Gasteiger partial charge < -0.3 is 4.79 Å². The molecular formula is C18H17ClF3NO3S. The number of nitrogens with zero attached hydrogens (tertiary/aromatic N) is 1. The molecule has 1 heterocycles. The molecule has 0 bridgehead atoms. The van der Waals surface area contributed by atoms with Crippen LogP contribution in [0.3, 0.4) is 0 Å². The first-order valence-corrected chi connectivity index (χ1v) is 9.50. The highest BCUT2D eigenvalue weighted by atomic mass is 35.5. The van der Waals surface area contributed by atoms with Crippen LogP contribution in [-0.2, 0) is 14.6 Å². The number of benzene rings is 2. The number of hydrogen-bond acceptors (Lipinski definition) is 4. The molecule has 0 saturated carbocycles. The van der Waals surface area contributed by atoms with Crippen LogP contribution in [-0.4, -0.2) is 44.1 Å². The van der Waals surface area contributed by atoms with Crippen molar-refractivity contribution in [3.05, 3.63) is 65.7 Å². The maximum atomic E-state index is 14.8. The lowest BCUT2D eigenvalue weighted by Gasteiger charge is -2.46. The van der Waals surface area contributed by atoms with Gasteiger partial charge in [0.15, 0.2) is 15.5 Å². The average molecular weight is 420 g/mol. The van der Waals surface area contributed by atoms with Gasteiger partial charge >= 0.3 is 0 Å². The van der Waals surface area contributed by atoms with Crippen molar-refractivity contribution >= 4 is 28.5 Å². The van der Waals surface area contributed by atoms with Gasteiger partial charge in [0.05, 0.1) is 16.7 Å². The molecule has 1 saturated heterocycles. The molecule has 0 aliphatic carbocycles. The third-order valence-corrected chi connectivity index (χ3v) is 6.22. The van der Waals surface area contributed by atoms with Gasteiger partial charge in [-0.15, -0.1) is 12.4 Å². The van der Waals surface area contributed by atoms with Crippen molar-refractivity contribution in [3.8, 4) is 0 Å². The van der Waals surface area contributed by atoms with Crippen molar-refractivity contribution in [1.29, 1.82) is 0 Å². The highest BCUT2D eigenvalue weighted by molar-refractivity contribution is 7.91. The Morgan fingerprint density at radius 1 is 1.00 bits per heavy atom. The zero-order chi connectivity index (χ0) is 18.9. The summed E-state index contributed by atoms with van der Waals surface area (Å²) >= 11 is 0. The summed E-state index contributed by atoms with van der Waals surface area (Å²) in [5.41, 5.74) is -1.50. The van der Waals surface area contributed by atoms with Crippen LogP contribution < -0.4 is 0 Å². The lowest BCUT2D eigenvalue weighted by atomic mass is 9.94. The van der Waals surface area contributed by atoms with Crippen molar-refractivity contribution in [1.82, 2.24) is 4.90 Å². The van der Waals surface area contributed by atoms with E-state index >= 15 is 0 Å². The first kappa shape index (κ1) is 21.4. The SMILES string of the molecule is Cl.O=CC(c1ccc(F)cc1)N1CC(F)(CS(=O)(=O)c2ccc(F)cc2)C1. The molecule has 0 radical (unpaired) electrons. The molecule has 2 aromatic rings. The summed E-state index contributed by atoms with van der Waals surface area (Å²) in [6, 6.07) is 8.69. The number of likely N-dealkylation sites (tertiary alicyclic amines) is 1. The van der Waals surface area contributed by atoms with Crippen molar-refractivity contribution < 1.29 is 26.4 Å². The molecule has 3 rings (SSSR count). The lowest BCUT2D eigenvalue weighted by Crippen LogP contribution is -2.62. The highest BCUT2D eigenvalue weighted by Gasteiger charge is 2.49. The van der Waals surface area contributed by atoms with Gasteiger partial charge in [-0.1, -0.05) is 12.1 Å². The third kappa shape index (κ3) is 4.69. The van der Waals surface area contributed by atoms with Crippen LogP contribution in [0, 0.1) is 11.6 Å². The number of carbonyl (C=O) groups is 1. The Bertz CT molecular complexity index is 898. The van der Waals surface area contributed by atoms with E-state index in [0.29, 0.717) is 11.8 Å². The van der Waals surface area contributed by atoms with Gasteiger partial charge in [0, 0.05) is 13.1 Å². The number of sulfone groups is 1. The van der Waals surface area contributed by atoms with Gasteiger partial charge in [-0.2, -0.15) is 0 Å². The number of carbonyl (C=O) groups excluding carboxylic acids is 1. The Kier molecular flexibility index (Phi) is 6.34. The van der Waals surface area contributed by atoms with Crippen molar-refractivity contribution in [3.63, 3.8) is 0 Å². The van der Waals surface area contributed by atoms with Gasteiger partial charge in [-0.25, -0.2) is 21.6 Å². The summed E-state index contributed by atoms with van der Waals surface area (Å²) < 4.78 is 65.4. The van der Waals surface area contributed by atoms with Crippen LogP contribution in [0.15, 0.2) is 53.4 Å². The van der Waals surface area contributed by atoms with E-state index in [4.69, 9.17) is 0 Å². The molecule has 1 aliphatic rings. The Morgan fingerprint density at radius 2 is 1.48 bits per heavy atom. The number of aldehydes is 1. The van der Waals surface area contributed by atoms with Crippen molar-refractivity contribution in [2.75, 3.05) is 18.8 Å². The van der Waals surface area contributed by atoms with E-state index in [-0.39, 0.29) is 30.4 Å². The predicted molar refractivity (Wildman–Crippen MR) is 96.3 cm³/mol. The topological polar surface area (TPSA) is 54.5 Å². The van der Waals surface area contributed by atoms with Crippen LogP contribution in [0.2, 0.25) is 0 Å². The van der Waals surface area contributed by atoms with Gasteiger partial charge in [0.25, 0.3) is 0 Å². The third-order valence-electron chi connectivity index (χ3n) is 4.33. The molecule has 1 fully saturated rings. The minimum Gasteiger partial charge on any atom is -0.301 e. The molecule has 4 nitrogen and oxygen atoms in total. The van der Waals surface area contributed by atoms with Crippen LogP contribution in [0.25, 0.3) is 0 Å². The summed E-state index contributed by atoms with van der Waals surface area (Å²) in [7, 11) is -3.93. The molecule has 0 spiro atoms. The van der Waals surface area contributed by atoms with Crippen LogP contribution in [0.5, 0.6) is 0 Å². The maximum absolute atomic E-state index is 14.8. The highest BCUT2D eigenvalue weighted by Crippen LogP contribution is 2.35. The van der Waals surface area contributed by atoms with Gasteiger partial charge in [0.1, 0.15) is 17.9 Å². The fraction of sp³-hybridized carbons (Fsp3) is 0.278. The molecule has 1 atom stereocenters. The van der Waals surface area contributed by atoms with E-state index in [9.17, 15) is 26.4 Å². The van der Waals surface area contributed by atoms with Crippen molar-refractivity contribution in [2.45, 2.75) is 16.6 Å². The van der Waals surface area contributed by atoms with E-state index < -0.39 is 38.9 Å². The molecule has 1 unspecified atom stereocenters. The Labute approximate surface area is 161 Å². The number of halogens is 4.